The van der Waals surface area contributed by atoms with Crippen molar-refractivity contribution in [3.05, 3.63) is 27.9 Å². The van der Waals surface area contributed by atoms with Crippen molar-refractivity contribution < 1.29 is 4.92 Å². The van der Waals surface area contributed by atoms with Crippen LogP contribution >= 0.6 is 0 Å². The second-order valence-electron chi connectivity index (χ2n) is 6.18. The molecule has 1 N–H and O–H groups in total. The minimum atomic E-state index is -0.402. The van der Waals surface area contributed by atoms with Gasteiger partial charge in [-0.25, -0.2) is 4.98 Å². The topological polar surface area (TPSA) is 71.3 Å². The van der Waals surface area contributed by atoms with E-state index in [2.05, 4.69) is 15.2 Å². The highest BCUT2D eigenvalue weighted by Gasteiger charge is 2.30. The SMILES string of the molecule is Cc1cc([N+](=O)[O-])cnc1NC1CCN(C2CCCC2)C1. The first-order valence-corrected chi connectivity index (χ1v) is 7.75. The fourth-order valence-electron chi connectivity index (χ4n) is 3.51. The second-order valence-corrected chi connectivity index (χ2v) is 6.18. The average molecular weight is 290 g/mol. The molecule has 0 radical (unpaired) electrons. The van der Waals surface area contributed by atoms with Crippen molar-refractivity contribution in [2.24, 2.45) is 0 Å². The Hall–Kier alpha value is -1.69. The molecule has 3 rings (SSSR count). The molecule has 0 amide bonds. The van der Waals surface area contributed by atoms with Crippen LogP contribution in [0.4, 0.5) is 11.5 Å². The van der Waals surface area contributed by atoms with Gasteiger partial charge >= 0.3 is 0 Å². The molecule has 1 atom stereocenters. The standard InChI is InChI=1S/C15H22N4O2/c1-11-8-14(19(20)21)9-16-15(11)17-12-6-7-18(10-12)13-4-2-3-5-13/h8-9,12-13H,2-7,10H2,1H3,(H,16,17). The molecule has 1 aliphatic carbocycles. The van der Waals surface area contributed by atoms with Crippen LogP contribution in [0.25, 0.3) is 0 Å². The predicted molar refractivity (Wildman–Crippen MR) is 81.5 cm³/mol. The Bertz CT molecular complexity index is 528. The van der Waals surface area contributed by atoms with E-state index in [0.29, 0.717) is 6.04 Å². The van der Waals surface area contributed by atoms with Crippen LogP contribution in [-0.2, 0) is 0 Å². The summed E-state index contributed by atoms with van der Waals surface area (Å²) >= 11 is 0. The number of hydrogen-bond donors (Lipinski definition) is 1. The fraction of sp³-hybridized carbons (Fsp3) is 0.667. The number of nitrogens with zero attached hydrogens (tertiary/aromatic N) is 3. The van der Waals surface area contributed by atoms with Crippen LogP contribution in [0, 0.1) is 17.0 Å². The third-order valence-electron chi connectivity index (χ3n) is 4.68. The van der Waals surface area contributed by atoms with Crippen molar-refractivity contribution in [3.63, 3.8) is 0 Å². The summed E-state index contributed by atoms with van der Waals surface area (Å²) in [6.45, 7) is 4.07. The second kappa shape index (κ2) is 5.97. The molecule has 1 aliphatic heterocycles. The number of pyridine rings is 1. The molecule has 0 bridgehead atoms. The lowest BCUT2D eigenvalue weighted by Crippen LogP contribution is -2.33. The maximum absolute atomic E-state index is 10.7. The molecule has 0 spiro atoms. The van der Waals surface area contributed by atoms with Gasteiger partial charge in [-0.1, -0.05) is 12.8 Å². The van der Waals surface area contributed by atoms with Gasteiger partial charge in [0, 0.05) is 31.2 Å². The number of aromatic nitrogens is 1. The van der Waals surface area contributed by atoms with E-state index in [0.717, 1.165) is 36.9 Å². The number of aryl methyl sites for hydroxylation is 1. The van der Waals surface area contributed by atoms with Gasteiger partial charge in [-0.3, -0.25) is 15.0 Å². The smallest absolute Gasteiger partial charge is 0.287 e. The fourth-order valence-corrected chi connectivity index (χ4v) is 3.51. The molecule has 1 aromatic heterocycles. The van der Waals surface area contributed by atoms with Crippen molar-refractivity contribution >= 4 is 11.5 Å². The quantitative estimate of drug-likeness (QED) is 0.682. The Kier molecular flexibility index (Phi) is 4.05. The molecule has 1 saturated carbocycles. The molecule has 2 heterocycles. The van der Waals surface area contributed by atoms with Crippen molar-refractivity contribution in [1.82, 2.24) is 9.88 Å². The molecule has 2 aliphatic rings. The van der Waals surface area contributed by atoms with Crippen LogP contribution in [0.2, 0.25) is 0 Å². The molecule has 1 aromatic rings. The number of anilines is 1. The molecule has 114 valence electrons. The monoisotopic (exact) mass is 290 g/mol. The van der Waals surface area contributed by atoms with Crippen molar-refractivity contribution in [1.29, 1.82) is 0 Å². The molecular weight excluding hydrogens is 268 g/mol. The zero-order chi connectivity index (χ0) is 14.8. The lowest BCUT2D eigenvalue weighted by atomic mass is 10.2. The van der Waals surface area contributed by atoms with E-state index < -0.39 is 4.92 Å². The highest BCUT2D eigenvalue weighted by Crippen LogP contribution is 2.28. The molecule has 1 saturated heterocycles. The molecule has 6 heteroatoms. The summed E-state index contributed by atoms with van der Waals surface area (Å²) in [5, 5.41) is 14.2. The largest absolute Gasteiger partial charge is 0.366 e. The Morgan fingerprint density at radius 1 is 1.38 bits per heavy atom. The molecule has 1 unspecified atom stereocenters. The van der Waals surface area contributed by atoms with Gasteiger partial charge in [-0.05, 0) is 31.7 Å². The number of nitrogens with one attached hydrogen (secondary N) is 1. The van der Waals surface area contributed by atoms with Crippen LogP contribution in [0.5, 0.6) is 0 Å². The summed E-state index contributed by atoms with van der Waals surface area (Å²) in [5.74, 6) is 0.777. The highest BCUT2D eigenvalue weighted by molar-refractivity contribution is 5.49. The summed E-state index contributed by atoms with van der Waals surface area (Å²) in [7, 11) is 0. The maximum atomic E-state index is 10.7. The van der Waals surface area contributed by atoms with E-state index in [4.69, 9.17) is 0 Å². The molecule has 0 aromatic carbocycles. The molecule has 21 heavy (non-hydrogen) atoms. The third-order valence-corrected chi connectivity index (χ3v) is 4.68. The number of nitro groups is 1. The number of rotatable bonds is 4. The van der Waals surface area contributed by atoms with Gasteiger partial charge in [0.25, 0.3) is 5.69 Å². The van der Waals surface area contributed by atoms with E-state index in [1.165, 1.54) is 31.9 Å². The van der Waals surface area contributed by atoms with Gasteiger partial charge in [-0.2, -0.15) is 0 Å². The van der Waals surface area contributed by atoms with E-state index in [-0.39, 0.29) is 5.69 Å². The van der Waals surface area contributed by atoms with Crippen LogP contribution in [0.15, 0.2) is 12.3 Å². The first kappa shape index (κ1) is 14.3. The Morgan fingerprint density at radius 3 is 2.81 bits per heavy atom. The van der Waals surface area contributed by atoms with Crippen LogP contribution in [-0.4, -0.2) is 40.0 Å². The van der Waals surface area contributed by atoms with Gasteiger partial charge in [0.1, 0.15) is 12.0 Å². The normalized spacial score (nSPS) is 23.6. The number of hydrogen-bond acceptors (Lipinski definition) is 5. The van der Waals surface area contributed by atoms with E-state index in [1.54, 1.807) is 6.07 Å². The van der Waals surface area contributed by atoms with Crippen molar-refractivity contribution in [2.75, 3.05) is 18.4 Å². The van der Waals surface area contributed by atoms with Crippen LogP contribution in [0.3, 0.4) is 0 Å². The summed E-state index contributed by atoms with van der Waals surface area (Å²) in [6.07, 6.45) is 7.85. The number of likely N-dealkylation sites (tertiary alicyclic amines) is 1. The van der Waals surface area contributed by atoms with E-state index >= 15 is 0 Å². The maximum Gasteiger partial charge on any atom is 0.287 e. The van der Waals surface area contributed by atoms with Crippen molar-refractivity contribution in [2.45, 2.75) is 51.1 Å². The van der Waals surface area contributed by atoms with Gasteiger partial charge in [0.15, 0.2) is 0 Å². The Morgan fingerprint density at radius 2 is 2.14 bits per heavy atom. The van der Waals surface area contributed by atoms with Crippen LogP contribution in [0.1, 0.15) is 37.7 Å². The van der Waals surface area contributed by atoms with Gasteiger partial charge < -0.3 is 5.32 Å². The highest BCUT2D eigenvalue weighted by atomic mass is 16.6. The molecule has 2 fully saturated rings. The summed E-state index contributed by atoms with van der Waals surface area (Å²) in [5.41, 5.74) is 0.889. The minimum absolute atomic E-state index is 0.0528. The minimum Gasteiger partial charge on any atom is -0.366 e. The van der Waals surface area contributed by atoms with Gasteiger partial charge in [-0.15, -0.1) is 0 Å². The van der Waals surface area contributed by atoms with Gasteiger partial charge in [0.05, 0.1) is 4.92 Å². The zero-order valence-corrected chi connectivity index (χ0v) is 12.4. The first-order valence-electron chi connectivity index (χ1n) is 7.75. The summed E-state index contributed by atoms with van der Waals surface area (Å²) in [6, 6.07) is 2.75. The predicted octanol–water partition coefficient (Wildman–Crippen LogP) is 2.73. The Labute approximate surface area is 124 Å². The summed E-state index contributed by atoms with van der Waals surface area (Å²) in [4.78, 5) is 17.1. The lowest BCUT2D eigenvalue weighted by Gasteiger charge is -2.23. The Balaban J connectivity index is 1.61. The van der Waals surface area contributed by atoms with Crippen LogP contribution < -0.4 is 5.32 Å². The molecular formula is C15H22N4O2. The lowest BCUT2D eigenvalue weighted by molar-refractivity contribution is -0.385. The zero-order valence-electron chi connectivity index (χ0n) is 12.4. The average Bonchev–Trinajstić information content (AvgIpc) is 3.11. The van der Waals surface area contributed by atoms with E-state index in [9.17, 15) is 10.1 Å². The first-order chi connectivity index (χ1) is 10.1. The summed E-state index contributed by atoms with van der Waals surface area (Å²) < 4.78 is 0. The van der Waals surface area contributed by atoms with Crippen molar-refractivity contribution in [3.8, 4) is 0 Å². The third kappa shape index (κ3) is 3.15. The van der Waals surface area contributed by atoms with Gasteiger partial charge in [0.2, 0.25) is 0 Å². The van der Waals surface area contributed by atoms with E-state index in [1.807, 2.05) is 6.92 Å². The molecule has 6 nitrogen and oxygen atoms in total.